The van der Waals surface area contributed by atoms with Gasteiger partial charge >= 0.3 is 0 Å². The third-order valence-corrected chi connectivity index (χ3v) is 3.65. The summed E-state index contributed by atoms with van der Waals surface area (Å²) in [7, 11) is 3.46. The number of hydrogen-bond acceptors (Lipinski definition) is 3. The fourth-order valence-electron chi connectivity index (χ4n) is 2.54. The second kappa shape index (κ2) is 7.36. The maximum atomic E-state index is 11.6. The lowest BCUT2D eigenvalue weighted by atomic mass is 9.82. The molecule has 1 aliphatic carbocycles. The van der Waals surface area contributed by atoms with Crippen LogP contribution in [0.5, 0.6) is 0 Å². The van der Waals surface area contributed by atoms with E-state index in [2.05, 4.69) is 5.32 Å². The molecule has 1 atom stereocenters. The Morgan fingerprint density at radius 1 is 1.28 bits per heavy atom. The second-order valence-corrected chi connectivity index (χ2v) is 5.34. The molecule has 0 bridgehead atoms. The second-order valence-electron chi connectivity index (χ2n) is 5.34. The van der Waals surface area contributed by atoms with Gasteiger partial charge in [-0.1, -0.05) is 19.3 Å². The fourth-order valence-corrected chi connectivity index (χ4v) is 2.54. The van der Waals surface area contributed by atoms with Gasteiger partial charge in [0.15, 0.2) is 0 Å². The summed E-state index contributed by atoms with van der Waals surface area (Å²) in [5, 5.41) is 3.21. The smallest absolute Gasteiger partial charge is 0.236 e. The zero-order valence-electron chi connectivity index (χ0n) is 11.4. The average molecular weight is 255 g/mol. The minimum absolute atomic E-state index is 0.0280. The molecule has 1 unspecified atom stereocenters. The van der Waals surface area contributed by atoms with Gasteiger partial charge in [-0.05, 0) is 18.8 Å². The van der Waals surface area contributed by atoms with E-state index in [-0.39, 0.29) is 24.4 Å². The van der Waals surface area contributed by atoms with Crippen molar-refractivity contribution in [2.75, 3.05) is 20.6 Å². The molecule has 0 radical (unpaired) electrons. The van der Waals surface area contributed by atoms with Crippen molar-refractivity contribution in [3.8, 4) is 0 Å². The van der Waals surface area contributed by atoms with Crippen LogP contribution in [-0.2, 0) is 9.59 Å². The van der Waals surface area contributed by atoms with Crippen molar-refractivity contribution < 1.29 is 9.59 Å². The van der Waals surface area contributed by atoms with Crippen LogP contribution < -0.4 is 11.1 Å². The maximum absolute atomic E-state index is 11.6. The minimum Gasteiger partial charge on any atom is -0.370 e. The summed E-state index contributed by atoms with van der Waals surface area (Å²) in [4.78, 5) is 24.2. The molecule has 18 heavy (non-hydrogen) atoms. The van der Waals surface area contributed by atoms with E-state index in [4.69, 9.17) is 5.73 Å². The Morgan fingerprint density at radius 2 is 1.89 bits per heavy atom. The highest BCUT2D eigenvalue weighted by atomic mass is 16.2. The zero-order valence-corrected chi connectivity index (χ0v) is 11.4. The maximum Gasteiger partial charge on any atom is 0.236 e. The molecule has 1 rings (SSSR count). The molecular weight excluding hydrogens is 230 g/mol. The standard InChI is InChI=1S/C13H25N3O2/c1-16(2)13(18)9-15-11(8-12(14)17)10-6-4-3-5-7-10/h10-11,15H,3-9H2,1-2H3,(H2,14,17). The summed E-state index contributed by atoms with van der Waals surface area (Å²) >= 11 is 0. The Hall–Kier alpha value is -1.10. The summed E-state index contributed by atoms with van der Waals surface area (Å²) in [5.74, 6) is 0.205. The number of rotatable bonds is 6. The average Bonchev–Trinajstić information content (AvgIpc) is 2.34. The number of primary amides is 1. The molecule has 0 heterocycles. The molecule has 1 saturated carbocycles. The van der Waals surface area contributed by atoms with Crippen LogP contribution in [0.4, 0.5) is 0 Å². The molecule has 0 spiro atoms. The van der Waals surface area contributed by atoms with Crippen molar-refractivity contribution in [1.29, 1.82) is 0 Å². The Labute approximate surface area is 109 Å². The monoisotopic (exact) mass is 255 g/mol. The van der Waals surface area contributed by atoms with Crippen LogP contribution in [-0.4, -0.2) is 43.4 Å². The lowest BCUT2D eigenvalue weighted by Gasteiger charge is -2.30. The van der Waals surface area contributed by atoms with Crippen molar-refractivity contribution >= 4 is 11.8 Å². The van der Waals surface area contributed by atoms with Gasteiger partial charge in [0.25, 0.3) is 0 Å². The van der Waals surface area contributed by atoms with Gasteiger partial charge in [-0.3, -0.25) is 9.59 Å². The Kier molecular flexibility index (Phi) is 6.12. The van der Waals surface area contributed by atoms with Gasteiger partial charge in [0, 0.05) is 26.6 Å². The molecule has 5 nitrogen and oxygen atoms in total. The first-order chi connectivity index (χ1) is 8.50. The van der Waals surface area contributed by atoms with Gasteiger partial charge in [0.05, 0.1) is 6.54 Å². The molecule has 5 heteroatoms. The van der Waals surface area contributed by atoms with Crippen molar-refractivity contribution in [1.82, 2.24) is 10.2 Å². The predicted octanol–water partition coefficient (Wildman–Crippen LogP) is 0.489. The zero-order chi connectivity index (χ0) is 13.5. The molecule has 0 saturated heterocycles. The van der Waals surface area contributed by atoms with Gasteiger partial charge in [0.1, 0.15) is 0 Å². The number of nitrogens with one attached hydrogen (secondary N) is 1. The summed E-state index contributed by atoms with van der Waals surface area (Å²) in [6.07, 6.45) is 6.27. The van der Waals surface area contributed by atoms with Crippen LogP contribution in [0.3, 0.4) is 0 Å². The van der Waals surface area contributed by atoms with E-state index in [1.54, 1.807) is 19.0 Å². The van der Waals surface area contributed by atoms with Gasteiger partial charge in [-0.2, -0.15) is 0 Å². The molecule has 2 amide bonds. The van der Waals surface area contributed by atoms with Gasteiger partial charge < -0.3 is 16.0 Å². The lowest BCUT2D eigenvalue weighted by Crippen LogP contribution is -2.44. The first-order valence-corrected chi connectivity index (χ1v) is 6.72. The SMILES string of the molecule is CN(C)C(=O)CNC(CC(N)=O)C1CCCCC1. The number of likely N-dealkylation sites (N-methyl/N-ethyl adjacent to an activating group) is 1. The third-order valence-electron chi connectivity index (χ3n) is 3.65. The van der Waals surface area contributed by atoms with E-state index in [9.17, 15) is 9.59 Å². The lowest BCUT2D eigenvalue weighted by molar-refractivity contribution is -0.128. The van der Waals surface area contributed by atoms with Crippen LogP contribution in [0.15, 0.2) is 0 Å². The third kappa shape index (κ3) is 5.04. The fraction of sp³-hybridized carbons (Fsp3) is 0.846. The summed E-state index contributed by atoms with van der Waals surface area (Å²) in [5.41, 5.74) is 5.29. The Balaban J connectivity index is 2.49. The van der Waals surface area contributed by atoms with Gasteiger partial charge in [-0.25, -0.2) is 0 Å². The molecule has 0 aromatic carbocycles. The number of carbonyl (C=O) groups excluding carboxylic acids is 2. The molecule has 1 aliphatic rings. The molecule has 0 aromatic heterocycles. The van der Waals surface area contributed by atoms with E-state index in [0.29, 0.717) is 12.3 Å². The first-order valence-electron chi connectivity index (χ1n) is 6.72. The molecule has 0 aliphatic heterocycles. The van der Waals surface area contributed by atoms with E-state index in [0.717, 1.165) is 12.8 Å². The number of nitrogens with two attached hydrogens (primary N) is 1. The normalized spacial score (nSPS) is 18.3. The number of nitrogens with zero attached hydrogens (tertiary/aromatic N) is 1. The molecule has 0 aromatic rings. The highest BCUT2D eigenvalue weighted by molar-refractivity contribution is 5.78. The predicted molar refractivity (Wildman–Crippen MR) is 70.9 cm³/mol. The summed E-state index contributed by atoms with van der Waals surface area (Å²) < 4.78 is 0. The van der Waals surface area contributed by atoms with Crippen LogP contribution in [0.1, 0.15) is 38.5 Å². The van der Waals surface area contributed by atoms with Crippen molar-refractivity contribution in [3.63, 3.8) is 0 Å². The summed E-state index contributed by atoms with van der Waals surface area (Å²) in [6.45, 7) is 0.279. The number of carbonyl (C=O) groups is 2. The van der Waals surface area contributed by atoms with Gasteiger partial charge in [-0.15, -0.1) is 0 Å². The first kappa shape index (κ1) is 15.0. The van der Waals surface area contributed by atoms with E-state index < -0.39 is 0 Å². The quantitative estimate of drug-likeness (QED) is 0.725. The number of hydrogen-bond donors (Lipinski definition) is 2. The summed E-state index contributed by atoms with van der Waals surface area (Å²) in [6, 6.07) is 0.0479. The minimum atomic E-state index is -0.296. The van der Waals surface area contributed by atoms with Crippen LogP contribution in [0, 0.1) is 5.92 Å². The van der Waals surface area contributed by atoms with Crippen molar-refractivity contribution in [3.05, 3.63) is 0 Å². The highest BCUT2D eigenvalue weighted by Gasteiger charge is 2.25. The topological polar surface area (TPSA) is 75.4 Å². The van der Waals surface area contributed by atoms with Crippen molar-refractivity contribution in [2.24, 2.45) is 11.7 Å². The Bertz CT molecular complexity index is 286. The van der Waals surface area contributed by atoms with Crippen molar-refractivity contribution in [2.45, 2.75) is 44.6 Å². The van der Waals surface area contributed by atoms with Crippen LogP contribution in [0.2, 0.25) is 0 Å². The highest BCUT2D eigenvalue weighted by Crippen LogP contribution is 2.27. The molecule has 1 fully saturated rings. The van der Waals surface area contributed by atoms with Crippen LogP contribution in [0.25, 0.3) is 0 Å². The van der Waals surface area contributed by atoms with Gasteiger partial charge in [0.2, 0.25) is 11.8 Å². The largest absolute Gasteiger partial charge is 0.370 e. The Morgan fingerprint density at radius 3 is 2.39 bits per heavy atom. The molecular formula is C13H25N3O2. The number of amides is 2. The molecule has 3 N–H and O–H groups in total. The van der Waals surface area contributed by atoms with E-state index >= 15 is 0 Å². The van der Waals surface area contributed by atoms with Crippen LogP contribution >= 0.6 is 0 Å². The van der Waals surface area contributed by atoms with E-state index in [1.807, 2.05) is 0 Å². The molecule has 104 valence electrons. The van der Waals surface area contributed by atoms with E-state index in [1.165, 1.54) is 19.3 Å².